The molecule has 30 heavy (non-hydrogen) atoms. The minimum atomic E-state index is -0.0321. The summed E-state index contributed by atoms with van der Waals surface area (Å²) in [6, 6.07) is 12.4. The van der Waals surface area contributed by atoms with Gasteiger partial charge in [-0.3, -0.25) is 4.79 Å². The molecule has 2 aromatic heterocycles. The highest BCUT2D eigenvalue weighted by molar-refractivity contribution is 7.99. The van der Waals surface area contributed by atoms with E-state index in [-0.39, 0.29) is 5.91 Å². The van der Waals surface area contributed by atoms with E-state index >= 15 is 0 Å². The van der Waals surface area contributed by atoms with Crippen molar-refractivity contribution < 1.29 is 4.79 Å². The van der Waals surface area contributed by atoms with Gasteiger partial charge in [0.1, 0.15) is 6.33 Å². The Morgan fingerprint density at radius 3 is 2.63 bits per heavy atom. The van der Waals surface area contributed by atoms with Crippen LogP contribution in [0.3, 0.4) is 0 Å². The van der Waals surface area contributed by atoms with Crippen LogP contribution in [0.15, 0.2) is 53.3 Å². The number of anilines is 2. The number of thiophene rings is 1. The third kappa shape index (κ3) is 5.86. The average molecular weight is 442 g/mol. The van der Waals surface area contributed by atoms with E-state index < -0.39 is 0 Å². The molecular formula is C22H27N5OS2. The number of nitrogens with zero attached hydrogens (tertiary/aromatic N) is 4. The number of amides is 1. The Morgan fingerprint density at radius 1 is 1.10 bits per heavy atom. The highest BCUT2D eigenvalue weighted by Crippen LogP contribution is 2.22. The van der Waals surface area contributed by atoms with Crippen LogP contribution in [0.1, 0.15) is 30.6 Å². The van der Waals surface area contributed by atoms with Gasteiger partial charge < -0.3 is 14.8 Å². The number of carbonyl (C=O) groups excluding carboxylic acids is 1. The third-order valence-corrected chi connectivity index (χ3v) is 7.13. The minimum Gasteiger partial charge on any atom is -0.372 e. The maximum atomic E-state index is 12.4. The first kappa shape index (κ1) is 20.9. The zero-order chi connectivity index (χ0) is 20.6. The molecule has 158 valence electrons. The van der Waals surface area contributed by atoms with E-state index in [0.29, 0.717) is 5.75 Å². The van der Waals surface area contributed by atoms with E-state index in [4.69, 9.17) is 0 Å². The zero-order valence-electron chi connectivity index (χ0n) is 17.0. The van der Waals surface area contributed by atoms with Crippen molar-refractivity contribution >= 4 is 40.4 Å². The maximum Gasteiger partial charge on any atom is 0.234 e. The number of aromatic nitrogens is 3. The van der Waals surface area contributed by atoms with Crippen LogP contribution < -0.4 is 10.2 Å². The van der Waals surface area contributed by atoms with E-state index in [9.17, 15) is 4.79 Å². The van der Waals surface area contributed by atoms with Gasteiger partial charge in [0.05, 0.1) is 5.75 Å². The number of thioether (sulfide) groups is 1. The fraction of sp³-hybridized carbons (Fsp3) is 0.409. The maximum absolute atomic E-state index is 12.4. The van der Waals surface area contributed by atoms with Crippen molar-refractivity contribution in [3.63, 3.8) is 0 Å². The van der Waals surface area contributed by atoms with E-state index in [1.54, 1.807) is 17.7 Å². The molecule has 1 N–H and O–H groups in total. The number of benzene rings is 1. The summed E-state index contributed by atoms with van der Waals surface area (Å²) < 4.78 is 2.01. The highest BCUT2D eigenvalue weighted by atomic mass is 32.2. The minimum absolute atomic E-state index is 0.0321. The summed E-state index contributed by atoms with van der Waals surface area (Å²) in [5.74, 6) is 0.279. The Hall–Kier alpha value is -2.32. The molecule has 3 heterocycles. The summed E-state index contributed by atoms with van der Waals surface area (Å²) in [6.07, 6.45) is 7.84. The van der Waals surface area contributed by atoms with Gasteiger partial charge in [-0.1, -0.05) is 30.7 Å². The first-order valence-corrected chi connectivity index (χ1v) is 12.3. The number of nitrogens with one attached hydrogen (secondary N) is 1. The molecule has 0 atom stereocenters. The van der Waals surface area contributed by atoms with Gasteiger partial charge in [-0.2, -0.15) is 0 Å². The molecule has 1 saturated heterocycles. The molecule has 1 aromatic carbocycles. The molecule has 6 nitrogen and oxygen atoms in total. The molecule has 0 spiro atoms. The van der Waals surface area contributed by atoms with Gasteiger partial charge in [0.2, 0.25) is 5.91 Å². The molecule has 1 amide bonds. The fourth-order valence-corrected chi connectivity index (χ4v) is 5.05. The van der Waals surface area contributed by atoms with Crippen LogP contribution >= 0.6 is 23.1 Å². The molecular weight excluding hydrogens is 414 g/mol. The lowest BCUT2D eigenvalue weighted by molar-refractivity contribution is -0.113. The lowest BCUT2D eigenvalue weighted by Crippen LogP contribution is -2.23. The third-order valence-electron chi connectivity index (χ3n) is 5.21. The smallest absolute Gasteiger partial charge is 0.234 e. The van der Waals surface area contributed by atoms with Crippen molar-refractivity contribution in [3.8, 4) is 0 Å². The summed E-state index contributed by atoms with van der Waals surface area (Å²) in [7, 11) is 0. The fourth-order valence-electron chi connectivity index (χ4n) is 3.61. The molecule has 3 aromatic rings. The van der Waals surface area contributed by atoms with E-state index in [2.05, 4.69) is 50.1 Å². The predicted molar refractivity (Wildman–Crippen MR) is 125 cm³/mol. The van der Waals surface area contributed by atoms with Crippen LogP contribution in [-0.2, 0) is 17.8 Å². The second-order valence-electron chi connectivity index (χ2n) is 7.42. The van der Waals surface area contributed by atoms with Crippen LogP contribution in [0.25, 0.3) is 0 Å². The van der Waals surface area contributed by atoms with Gasteiger partial charge in [0.15, 0.2) is 5.16 Å². The van der Waals surface area contributed by atoms with Gasteiger partial charge in [0, 0.05) is 35.9 Å². The Labute approximate surface area is 185 Å². The quantitative estimate of drug-likeness (QED) is 0.514. The predicted octanol–water partition coefficient (Wildman–Crippen LogP) is 4.69. The van der Waals surface area contributed by atoms with Gasteiger partial charge in [0.25, 0.3) is 0 Å². The van der Waals surface area contributed by atoms with Crippen molar-refractivity contribution in [2.45, 2.75) is 43.8 Å². The van der Waals surface area contributed by atoms with Crippen molar-refractivity contribution in [3.05, 3.63) is 53.0 Å². The highest BCUT2D eigenvalue weighted by Gasteiger charge is 2.12. The van der Waals surface area contributed by atoms with Crippen molar-refractivity contribution in [2.75, 3.05) is 29.1 Å². The number of hydrogen-bond donors (Lipinski definition) is 1. The van der Waals surface area contributed by atoms with E-state index in [1.807, 2.05) is 16.7 Å². The second kappa shape index (κ2) is 10.6. The van der Waals surface area contributed by atoms with Gasteiger partial charge in [-0.15, -0.1) is 21.5 Å². The monoisotopic (exact) mass is 441 g/mol. The van der Waals surface area contributed by atoms with Crippen LogP contribution in [0.4, 0.5) is 11.4 Å². The number of aryl methyl sites for hydroxylation is 2. The molecule has 8 heteroatoms. The summed E-state index contributed by atoms with van der Waals surface area (Å²) in [5.41, 5.74) is 2.07. The molecule has 1 aliphatic rings. The molecule has 0 saturated carbocycles. The molecule has 1 fully saturated rings. The Kier molecular flexibility index (Phi) is 7.42. The second-order valence-corrected chi connectivity index (χ2v) is 9.40. The molecule has 1 aliphatic heterocycles. The van der Waals surface area contributed by atoms with Crippen molar-refractivity contribution in [2.24, 2.45) is 0 Å². The lowest BCUT2D eigenvalue weighted by atomic mass is 10.2. The SMILES string of the molecule is O=C(CSc1nncn1CCc1cccs1)Nc1ccc(N2CCCCCC2)cc1. The van der Waals surface area contributed by atoms with Crippen LogP contribution in [-0.4, -0.2) is 39.5 Å². The lowest BCUT2D eigenvalue weighted by Gasteiger charge is -2.22. The van der Waals surface area contributed by atoms with E-state index in [1.165, 1.54) is 48.0 Å². The summed E-state index contributed by atoms with van der Waals surface area (Å²) in [4.78, 5) is 16.2. The Morgan fingerprint density at radius 2 is 1.90 bits per heavy atom. The van der Waals surface area contributed by atoms with Crippen LogP contribution in [0.5, 0.6) is 0 Å². The molecule has 4 rings (SSSR count). The molecule has 0 unspecified atom stereocenters. The van der Waals surface area contributed by atoms with E-state index in [0.717, 1.165) is 36.9 Å². The number of hydrogen-bond acceptors (Lipinski definition) is 6. The molecule has 0 bridgehead atoms. The largest absolute Gasteiger partial charge is 0.372 e. The normalized spacial score (nSPS) is 14.5. The molecule has 0 aliphatic carbocycles. The zero-order valence-corrected chi connectivity index (χ0v) is 18.6. The summed E-state index contributed by atoms with van der Waals surface area (Å²) in [5, 5.41) is 14.0. The Balaban J connectivity index is 1.25. The topological polar surface area (TPSA) is 63.1 Å². The summed E-state index contributed by atoms with van der Waals surface area (Å²) >= 11 is 3.17. The first-order valence-electron chi connectivity index (χ1n) is 10.5. The number of carbonyl (C=O) groups is 1. The van der Waals surface area contributed by atoms with Crippen LogP contribution in [0, 0.1) is 0 Å². The Bertz CT molecular complexity index is 915. The summed E-state index contributed by atoms with van der Waals surface area (Å²) in [6.45, 7) is 3.06. The molecule has 0 radical (unpaired) electrons. The van der Waals surface area contributed by atoms with Gasteiger partial charge >= 0.3 is 0 Å². The van der Waals surface area contributed by atoms with Crippen molar-refractivity contribution in [1.29, 1.82) is 0 Å². The first-order chi connectivity index (χ1) is 14.8. The standard InChI is InChI=1S/C22H27N5OS2/c28-21(16-30-22-25-23-17-27(22)14-11-20-6-5-15-29-20)24-18-7-9-19(10-8-18)26-12-3-1-2-4-13-26/h5-10,15,17H,1-4,11-14,16H2,(H,24,28). The van der Waals surface area contributed by atoms with Gasteiger partial charge in [-0.05, 0) is 55.0 Å². The number of rotatable bonds is 8. The van der Waals surface area contributed by atoms with Crippen molar-refractivity contribution in [1.82, 2.24) is 14.8 Å². The average Bonchev–Trinajstić information content (AvgIpc) is 3.37. The van der Waals surface area contributed by atoms with Crippen LogP contribution in [0.2, 0.25) is 0 Å². The van der Waals surface area contributed by atoms with Gasteiger partial charge in [-0.25, -0.2) is 0 Å².